The highest BCUT2D eigenvalue weighted by atomic mass is 32.2. The van der Waals surface area contributed by atoms with E-state index in [9.17, 15) is 8.42 Å². The van der Waals surface area contributed by atoms with Crippen LogP contribution in [0.2, 0.25) is 0 Å². The molecule has 5 rings (SSSR count). The van der Waals surface area contributed by atoms with Gasteiger partial charge in [-0.2, -0.15) is 4.31 Å². The van der Waals surface area contributed by atoms with Crippen LogP contribution in [0, 0.1) is 0 Å². The Morgan fingerprint density at radius 3 is 2.93 bits per heavy atom. The predicted octanol–water partition coefficient (Wildman–Crippen LogP) is 0.690. The third kappa shape index (κ3) is 2.86. The summed E-state index contributed by atoms with van der Waals surface area (Å²) in [5, 5.41) is 0. The Morgan fingerprint density at radius 1 is 1.15 bits per heavy atom. The molecule has 0 amide bonds. The van der Waals surface area contributed by atoms with E-state index in [4.69, 9.17) is 9.47 Å². The van der Waals surface area contributed by atoms with Gasteiger partial charge < -0.3 is 14.4 Å². The summed E-state index contributed by atoms with van der Waals surface area (Å²) < 4.78 is 39.3. The second-order valence-electron chi connectivity index (χ2n) is 6.92. The van der Waals surface area contributed by atoms with Gasteiger partial charge in [0.1, 0.15) is 11.6 Å². The summed E-state index contributed by atoms with van der Waals surface area (Å²) in [6.07, 6.45) is 5.56. The van der Waals surface area contributed by atoms with Gasteiger partial charge in [-0.3, -0.25) is 4.98 Å². The van der Waals surface area contributed by atoms with Crippen LogP contribution in [0.25, 0.3) is 0 Å². The molecule has 2 aromatic rings. The van der Waals surface area contributed by atoms with E-state index in [-0.39, 0.29) is 12.1 Å². The summed E-state index contributed by atoms with van der Waals surface area (Å²) in [4.78, 5) is 10.9. The zero-order chi connectivity index (χ0) is 18.4. The monoisotopic (exact) mass is 388 g/mol. The van der Waals surface area contributed by atoms with Gasteiger partial charge in [-0.15, -0.1) is 0 Å². The Bertz CT molecular complexity index is 953. The second kappa shape index (κ2) is 6.43. The van der Waals surface area contributed by atoms with Gasteiger partial charge in [0.15, 0.2) is 0 Å². The topological polar surface area (TPSA) is 84.9 Å². The molecule has 3 aliphatic heterocycles. The lowest BCUT2D eigenvalue weighted by Crippen LogP contribution is -2.51. The summed E-state index contributed by atoms with van der Waals surface area (Å²) in [5.41, 5.74) is 0.949. The summed E-state index contributed by atoms with van der Waals surface area (Å²) in [6, 6.07) is 5.05. The van der Waals surface area contributed by atoms with E-state index in [1.54, 1.807) is 36.8 Å². The van der Waals surface area contributed by atoms with Gasteiger partial charge in [-0.25, -0.2) is 13.4 Å². The fourth-order valence-corrected chi connectivity index (χ4v) is 5.57. The number of fused-ring (bicyclic) bond motifs is 2. The van der Waals surface area contributed by atoms with E-state index >= 15 is 0 Å². The maximum atomic E-state index is 13.2. The number of hydrogen-bond donors (Lipinski definition) is 0. The molecule has 0 N–H and O–H groups in total. The molecule has 0 unspecified atom stereocenters. The minimum atomic E-state index is -3.59. The predicted molar refractivity (Wildman–Crippen MR) is 97.3 cm³/mol. The molecule has 0 bridgehead atoms. The standard InChI is InChI=1S/C18H20N4O4S/c23-27(24,14-1-2-16-13(9-14)3-7-25-16)21-11-15-17(12-21)26-8-6-22(15)18-10-19-4-5-20-18/h1-2,4-5,9-10,15,17H,3,6-8,11-12H2/t15-,17-/m0/s1. The van der Waals surface area contributed by atoms with Crippen molar-refractivity contribution in [3.8, 4) is 5.75 Å². The van der Waals surface area contributed by atoms with Crippen LogP contribution in [0.3, 0.4) is 0 Å². The number of ether oxygens (including phenoxy) is 2. The average molecular weight is 388 g/mol. The van der Waals surface area contributed by atoms with Crippen molar-refractivity contribution in [1.29, 1.82) is 0 Å². The summed E-state index contributed by atoms with van der Waals surface area (Å²) >= 11 is 0. The molecule has 9 heteroatoms. The number of morpholine rings is 1. The van der Waals surface area contributed by atoms with Crippen molar-refractivity contribution in [2.75, 3.05) is 37.7 Å². The average Bonchev–Trinajstić information content (AvgIpc) is 3.34. The molecule has 0 radical (unpaired) electrons. The van der Waals surface area contributed by atoms with Gasteiger partial charge in [0, 0.05) is 38.4 Å². The van der Waals surface area contributed by atoms with Crippen molar-refractivity contribution in [2.24, 2.45) is 0 Å². The van der Waals surface area contributed by atoms with E-state index < -0.39 is 10.0 Å². The first kappa shape index (κ1) is 16.9. The third-order valence-corrected chi connectivity index (χ3v) is 7.24. The van der Waals surface area contributed by atoms with Gasteiger partial charge in [-0.1, -0.05) is 0 Å². The van der Waals surface area contributed by atoms with E-state index in [2.05, 4.69) is 14.9 Å². The van der Waals surface area contributed by atoms with Gasteiger partial charge in [-0.05, 0) is 23.8 Å². The molecular weight excluding hydrogens is 368 g/mol. The summed E-state index contributed by atoms with van der Waals surface area (Å²) in [7, 11) is -3.59. The van der Waals surface area contributed by atoms with Crippen LogP contribution >= 0.6 is 0 Å². The maximum Gasteiger partial charge on any atom is 0.243 e. The van der Waals surface area contributed by atoms with Crippen molar-refractivity contribution in [3.63, 3.8) is 0 Å². The zero-order valence-corrected chi connectivity index (χ0v) is 15.5. The Morgan fingerprint density at radius 2 is 2.07 bits per heavy atom. The maximum absolute atomic E-state index is 13.2. The Kier molecular flexibility index (Phi) is 4.03. The zero-order valence-electron chi connectivity index (χ0n) is 14.7. The van der Waals surface area contributed by atoms with E-state index in [0.717, 1.165) is 23.6 Å². The molecule has 142 valence electrons. The van der Waals surface area contributed by atoms with Crippen LogP contribution in [-0.4, -0.2) is 67.7 Å². The van der Waals surface area contributed by atoms with Crippen LogP contribution in [0.1, 0.15) is 5.56 Å². The van der Waals surface area contributed by atoms with E-state index in [1.807, 2.05) is 0 Å². The first-order chi connectivity index (χ1) is 13.1. The van der Waals surface area contributed by atoms with Crippen LogP contribution in [0.4, 0.5) is 5.82 Å². The number of aromatic nitrogens is 2. The first-order valence-electron chi connectivity index (χ1n) is 9.03. The number of anilines is 1. The largest absolute Gasteiger partial charge is 0.493 e. The second-order valence-corrected chi connectivity index (χ2v) is 8.86. The van der Waals surface area contributed by atoms with Crippen LogP contribution in [-0.2, 0) is 21.2 Å². The van der Waals surface area contributed by atoms with Crippen molar-refractivity contribution in [3.05, 3.63) is 42.4 Å². The number of nitrogens with zero attached hydrogens (tertiary/aromatic N) is 4. The molecular formula is C18H20N4O4S. The molecule has 3 aliphatic rings. The molecule has 4 heterocycles. The third-order valence-electron chi connectivity index (χ3n) is 5.41. The van der Waals surface area contributed by atoms with Crippen molar-refractivity contribution in [1.82, 2.24) is 14.3 Å². The lowest BCUT2D eigenvalue weighted by Gasteiger charge is -2.37. The Balaban J connectivity index is 1.42. The number of rotatable bonds is 3. The Labute approximate surface area is 157 Å². The highest BCUT2D eigenvalue weighted by Gasteiger charge is 2.45. The summed E-state index contributed by atoms with van der Waals surface area (Å²) in [6.45, 7) is 2.54. The summed E-state index contributed by atoms with van der Waals surface area (Å²) in [5.74, 6) is 1.53. The number of benzene rings is 1. The van der Waals surface area contributed by atoms with Crippen LogP contribution in [0.5, 0.6) is 5.75 Å². The highest BCUT2D eigenvalue weighted by molar-refractivity contribution is 7.89. The van der Waals surface area contributed by atoms with Gasteiger partial charge in [0.2, 0.25) is 10.0 Å². The molecule has 2 saturated heterocycles. The van der Waals surface area contributed by atoms with Crippen molar-refractivity contribution >= 4 is 15.8 Å². The molecule has 0 spiro atoms. The Hall–Kier alpha value is -2.23. The molecule has 8 nitrogen and oxygen atoms in total. The minimum absolute atomic E-state index is 0.0667. The molecule has 1 aromatic carbocycles. The molecule has 2 fully saturated rings. The molecule has 2 atom stereocenters. The highest BCUT2D eigenvalue weighted by Crippen LogP contribution is 2.32. The van der Waals surface area contributed by atoms with Crippen LogP contribution in [0.15, 0.2) is 41.7 Å². The molecule has 0 aliphatic carbocycles. The molecule has 27 heavy (non-hydrogen) atoms. The SMILES string of the molecule is O=S(=O)(c1ccc2c(c1)CCO2)N1C[C@@H]2OCCN(c3cnccn3)[C@H]2C1. The van der Waals surface area contributed by atoms with Crippen molar-refractivity contribution < 1.29 is 17.9 Å². The fraction of sp³-hybridized carbons (Fsp3) is 0.444. The van der Waals surface area contributed by atoms with Crippen LogP contribution < -0.4 is 9.64 Å². The van der Waals surface area contributed by atoms with Gasteiger partial charge in [0.25, 0.3) is 0 Å². The fourth-order valence-electron chi connectivity index (χ4n) is 4.05. The number of sulfonamides is 1. The van der Waals surface area contributed by atoms with Gasteiger partial charge in [0.05, 0.1) is 36.5 Å². The lowest BCUT2D eigenvalue weighted by molar-refractivity contribution is 0.0328. The normalized spacial score (nSPS) is 25.1. The first-order valence-corrected chi connectivity index (χ1v) is 10.5. The van der Waals surface area contributed by atoms with Crippen molar-refractivity contribution in [2.45, 2.75) is 23.5 Å². The smallest absolute Gasteiger partial charge is 0.243 e. The lowest BCUT2D eigenvalue weighted by atomic mass is 10.1. The molecule has 1 aromatic heterocycles. The molecule has 0 saturated carbocycles. The minimum Gasteiger partial charge on any atom is -0.493 e. The van der Waals surface area contributed by atoms with E-state index in [0.29, 0.717) is 37.7 Å². The van der Waals surface area contributed by atoms with Gasteiger partial charge >= 0.3 is 0 Å². The number of hydrogen-bond acceptors (Lipinski definition) is 7. The van der Waals surface area contributed by atoms with E-state index in [1.165, 1.54) is 4.31 Å². The quantitative estimate of drug-likeness (QED) is 0.765.